The lowest BCUT2D eigenvalue weighted by Gasteiger charge is -2.09. The number of anilines is 1. The van der Waals surface area contributed by atoms with Crippen molar-refractivity contribution in [1.29, 1.82) is 0 Å². The molecule has 0 aromatic heterocycles. The Morgan fingerprint density at radius 3 is 2.55 bits per heavy atom. The fraction of sp³-hybridized carbons (Fsp3) is 0.0769. The predicted molar refractivity (Wildman–Crippen MR) is 83.5 cm³/mol. The Hall–Kier alpha value is -0.920. The standard InChI is InChI=1S/C13H10Br2FNO2S/c14-9-4-5-11(17)12(6-9)20(18,19)7-8-2-1-3-10(16)13(8)15/h1-6H,7,17H2. The lowest BCUT2D eigenvalue weighted by atomic mass is 10.2. The first-order valence-electron chi connectivity index (χ1n) is 5.52. The molecule has 0 fully saturated rings. The van der Waals surface area contributed by atoms with Crippen molar-refractivity contribution >= 4 is 47.4 Å². The molecule has 0 aliphatic heterocycles. The van der Waals surface area contributed by atoms with Gasteiger partial charge in [-0.05, 0) is 45.8 Å². The second kappa shape index (κ2) is 5.83. The van der Waals surface area contributed by atoms with E-state index in [2.05, 4.69) is 31.9 Å². The van der Waals surface area contributed by atoms with Crippen LogP contribution in [0.15, 0.2) is 50.2 Å². The van der Waals surface area contributed by atoms with Crippen molar-refractivity contribution in [3.05, 3.63) is 56.7 Å². The zero-order valence-electron chi connectivity index (χ0n) is 10.1. The van der Waals surface area contributed by atoms with Gasteiger partial charge in [0.25, 0.3) is 0 Å². The SMILES string of the molecule is Nc1ccc(Br)cc1S(=O)(=O)Cc1cccc(F)c1Br. The largest absolute Gasteiger partial charge is 0.398 e. The second-order valence-corrected chi connectivity index (χ2v) is 7.82. The van der Waals surface area contributed by atoms with Crippen LogP contribution < -0.4 is 5.73 Å². The molecule has 0 bridgehead atoms. The summed E-state index contributed by atoms with van der Waals surface area (Å²) >= 11 is 6.27. The number of sulfone groups is 1. The van der Waals surface area contributed by atoms with Crippen molar-refractivity contribution in [2.24, 2.45) is 0 Å². The van der Waals surface area contributed by atoms with Crippen molar-refractivity contribution in [1.82, 2.24) is 0 Å². The van der Waals surface area contributed by atoms with Gasteiger partial charge in [0.1, 0.15) is 5.82 Å². The van der Waals surface area contributed by atoms with Gasteiger partial charge in [0, 0.05) is 4.47 Å². The fourth-order valence-electron chi connectivity index (χ4n) is 1.72. The molecular formula is C13H10Br2FNO2S. The molecule has 2 aromatic rings. The second-order valence-electron chi connectivity index (χ2n) is 4.15. The molecule has 0 saturated heterocycles. The summed E-state index contributed by atoms with van der Waals surface area (Å²) in [4.78, 5) is 0.0306. The van der Waals surface area contributed by atoms with Crippen molar-refractivity contribution < 1.29 is 12.8 Å². The van der Waals surface area contributed by atoms with Gasteiger partial charge in [0.15, 0.2) is 9.84 Å². The van der Waals surface area contributed by atoms with E-state index in [0.717, 1.165) is 0 Å². The lowest BCUT2D eigenvalue weighted by Crippen LogP contribution is -2.08. The Kier molecular flexibility index (Phi) is 4.51. The number of rotatable bonds is 3. The number of halogens is 3. The van der Waals surface area contributed by atoms with E-state index in [1.165, 1.54) is 24.3 Å². The summed E-state index contributed by atoms with van der Waals surface area (Å²) in [5.41, 5.74) is 6.23. The Bertz CT molecular complexity index is 763. The normalized spacial score (nSPS) is 11.6. The van der Waals surface area contributed by atoms with E-state index in [-0.39, 0.29) is 20.8 Å². The van der Waals surface area contributed by atoms with Gasteiger partial charge >= 0.3 is 0 Å². The quantitative estimate of drug-likeness (QED) is 0.763. The summed E-state index contributed by atoms with van der Waals surface area (Å²) in [7, 11) is -3.66. The van der Waals surface area contributed by atoms with E-state index >= 15 is 0 Å². The first-order chi connectivity index (χ1) is 9.31. The highest BCUT2D eigenvalue weighted by Gasteiger charge is 2.21. The number of hydrogen-bond donors (Lipinski definition) is 1. The molecule has 106 valence electrons. The molecule has 2 rings (SSSR count). The molecule has 20 heavy (non-hydrogen) atoms. The highest BCUT2D eigenvalue weighted by molar-refractivity contribution is 9.10. The molecule has 0 saturated carbocycles. The van der Waals surface area contributed by atoms with Crippen molar-refractivity contribution in [2.75, 3.05) is 5.73 Å². The molecule has 0 aliphatic rings. The summed E-state index contributed by atoms with van der Waals surface area (Å²) in [5, 5.41) is 0. The number of nitrogen functional groups attached to an aromatic ring is 1. The Morgan fingerprint density at radius 1 is 1.15 bits per heavy atom. The van der Waals surface area contributed by atoms with Gasteiger partial charge in [-0.1, -0.05) is 28.1 Å². The smallest absolute Gasteiger partial charge is 0.184 e. The number of benzene rings is 2. The van der Waals surface area contributed by atoms with Gasteiger partial charge in [-0.3, -0.25) is 0 Å². The van der Waals surface area contributed by atoms with Crippen LogP contribution in [-0.2, 0) is 15.6 Å². The van der Waals surface area contributed by atoms with Crippen LogP contribution in [0.4, 0.5) is 10.1 Å². The monoisotopic (exact) mass is 421 g/mol. The summed E-state index contributed by atoms with van der Waals surface area (Å²) in [6.07, 6.45) is 0. The first kappa shape index (κ1) is 15.5. The average molecular weight is 423 g/mol. The molecule has 3 nitrogen and oxygen atoms in total. The highest BCUT2D eigenvalue weighted by Crippen LogP contribution is 2.29. The molecule has 0 aliphatic carbocycles. The highest BCUT2D eigenvalue weighted by atomic mass is 79.9. The van der Waals surface area contributed by atoms with E-state index in [1.807, 2.05) is 0 Å². The topological polar surface area (TPSA) is 60.2 Å². The zero-order chi connectivity index (χ0) is 14.9. The molecule has 0 radical (unpaired) electrons. The zero-order valence-corrected chi connectivity index (χ0v) is 14.1. The van der Waals surface area contributed by atoms with Gasteiger partial charge in [0.05, 0.1) is 20.8 Å². The maximum atomic E-state index is 13.4. The van der Waals surface area contributed by atoms with Crippen LogP contribution in [-0.4, -0.2) is 8.42 Å². The van der Waals surface area contributed by atoms with E-state index in [4.69, 9.17) is 5.73 Å². The molecule has 0 spiro atoms. The maximum absolute atomic E-state index is 13.4. The maximum Gasteiger partial charge on any atom is 0.184 e. The van der Waals surface area contributed by atoms with Crippen LogP contribution in [0, 0.1) is 5.82 Å². The van der Waals surface area contributed by atoms with Crippen molar-refractivity contribution in [3.8, 4) is 0 Å². The van der Waals surface area contributed by atoms with Gasteiger partial charge in [-0.25, -0.2) is 12.8 Å². The van der Waals surface area contributed by atoms with Crippen LogP contribution in [0.25, 0.3) is 0 Å². The molecule has 0 amide bonds. The third-order valence-electron chi connectivity index (χ3n) is 2.69. The predicted octanol–water partition coefficient (Wildman–Crippen LogP) is 3.91. The third-order valence-corrected chi connectivity index (χ3v) is 5.78. The van der Waals surface area contributed by atoms with Crippen molar-refractivity contribution in [2.45, 2.75) is 10.6 Å². The van der Waals surface area contributed by atoms with Crippen LogP contribution in [0.5, 0.6) is 0 Å². The molecule has 2 N–H and O–H groups in total. The minimum atomic E-state index is -3.66. The summed E-state index contributed by atoms with van der Waals surface area (Å²) in [6, 6.07) is 8.89. The summed E-state index contributed by atoms with van der Waals surface area (Å²) in [6.45, 7) is 0. The van der Waals surface area contributed by atoms with Gasteiger partial charge in [-0.2, -0.15) is 0 Å². The minimum absolute atomic E-state index is 0.0306. The van der Waals surface area contributed by atoms with E-state index in [0.29, 0.717) is 10.0 Å². The Balaban J connectivity index is 2.46. The Morgan fingerprint density at radius 2 is 1.85 bits per heavy atom. The lowest BCUT2D eigenvalue weighted by molar-refractivity contribution is 0.594. The van der Waals surface area contributed by atoms with Crippen LogP contribution in [0.2, 0.25) is 0 Å². The average Bonchev–Trinajstić information content (AvgIpc) is 2.37. The number of nitrogens with two attached hydrogens (primary N) is 1. The van der Waals surface area contributed by atoms with Crippen LogP contribution in [0.3, 0.4) is 0 Å². The summed E-state index contributed by atoms with van der Waals surface area (Å²) < 4.78 is 39.0. The van der Waals surface area contributed by atoms with Crippen LogP contribution in [0.1, 0.15) is 5.56 Å². The third kappa shape index (κ3) is 3.21. The van der Waals surface area contributed by atoms with E-state index < -0.39 is 15.7 Å². The molecular weight excluding hydrogens is 413 g/mol. The molecule has 0 unspecified atom stereocenters. The molecule has 2 aromatic carbocycles. The van der Waals surface area contributed by atoms with Crippen LogP contribution >= 0.6 is 31.9 Å². The van der Waals surface area contributed by atoms with Gasteiger partial charge < -0.3 is 5.73 Å². The molecule has 0 heterocycles. The van der Waals surface area contributed by atoms with Crippen molar-refractivity contribution in [3.63, 3.8) is 0 Å². The van der Waals surface area contributed by atoms with Gasteiger partial charge in [-0.15, -0.1) is 0 Å². The fourth-order valence-corrected chi connectivity index (χ4v) is 4.36. The molecule has 0 atom stereocenters. The summed E-state index contributed by atoms with van der Waals surface area (Å²) in [5.74, 6) is -0.827. The Labute approximate surface area is 133 Å². The molecule has 7 heteroatoms. The number of hydrogen-bond acceptors (Lipinski definition) is 3. The van der Waals surface area contributed by atoms with Gasteiger partial charge in [0.2, 0.25) is 0 Å². The minimum Gasteiger partial charge on any atom is -0.398 e. The first-order valence-corrected chi connectivity index (χ1v) is 8.76. The van der Waals surface area contributed by atoms with E-state index in [9.17, 15) is 12.8 Å². The van der Waals surface area contributed by atoms with E-state index in [1.54, 1.807) is 12.1 Å².